The lowest BCUT2D eigenvalue weighted by Crippen LogP contribution is -2.42. The van der Waals surface area contributed by atoms with E-state index < -0.39 is 5.97 Å². The first-order valence-electron chi connectivity index (χ1n) is 6.04. The van der Waals surface area contributed by atoms with E-state index >= 15 is 0 Å². The van der Waals surface area contributed by atoms with Gasteiger partial charge in [0.15, 0.2) is 0 Å². The number of carboxylic acids is 1. The van der Waals surface area contributed by atoms with Crippen LogP contribution >= 0.6 is 39.3 Å². The van der Waals surface area contributed by atoms with Crippen molar-refractivity contribution in [3.63, 3.8) is 0 Å². The third kappa shape index (κ3) is 4.38. The van der Waals surface area contributed by atoms with E-state index in [4.69, 9.17) is 16.7 Å². The number of halogens is 2. The van der Waals surface area contributed by atoms with E-state index in [0.717, 1.165) is 34.6 Å². The highest BCUT2D eigenvalue weighted by Crippen LogP contribution is 2.26. The molecule has 2 rings (SSSR count). The molecule has 1 aliphatic heterocycles. The van der Waals surface area contributed by atoms with Crippen LogP contribution < -0.4 is 0 Å². The number of rotatable bonds is 4. The number of carboxylic acid groups (broad SMARTS) is 1. The van der Waals surface area contributed by atoms with Gasteiger partial charge in [-0.15, -0.1) is 0 Å². The van der Waals surface area contributed by atoms with Crippen LogP contribution in [0.1, 0.15) is 12.0 Å². The topological polar surface area (TPSA) is 40.5 Å². The third-order valence-electron chi connectivity index (χ3n) is 3.13. The Morgan fingerprint density at radius 3 is 3.05 bits per heavy atom. The van der Waals surface area contributed by atoms with Crippen molar-refractivity contribution in [1.82, 2.24) is 4.90 Å². The first kappa shape index (κ1) is 15.2. The molecule has 0 amide bonds. The Hall–Kier alpha value is -0.230. The van der Waals surface area contributed by atoms with Crippen molar-refractivity contribution in [2.24, 2.45) is 0 Å². The molecule has 1 heterocycles. The van der Waals surface area contributed by atoms with E-state index in [-0.39, 0.29) is 12.5 Å². The van der Waals surface area contributed by atoms with Crippen LogP contribution in [0.4, 0.5) is 0 Å². The van der Waals surface area contributed by atoms with E-state index in [9.17, 15) is 4.79 Å². The number of carbonyl (C=O) groups is 1. The minimum atomic E-state index is -0.730. The van der Waals surface area contributed by atoms with E-state index in [0.29, 0.717) is 5.02 Å². The molecular weight excluding hydrogens is 350 g/mol. The molecule has 0 spiro atoms. The molecule has 0 aromatic heterocycles. The van der Waals surface area contributed by atoms with Crippen molar-refractivity contribution in [1.29, 1.82) is 0 Å². The van der Waals surface area contributed by atoms with Crippen molar-refractivity contribution in [2.75, 3.05) is 18.1 Å². The minimum absolute atomic E-state index is 0.110. The Bertz CT molecular complexity index is 472. The summed E-state index contributed by atoms with van der Waals surface area (Å²) >= 11 is 11.3. The highest BCUT2D eigenvalue weighted by molar-refractivity contribution is 9.10. The van der Waals surface area contributed by atoms with Crippen LogP contribution in [0.15, 0.2) is 22.7 Å². The molecule has 1 aliphatic rings. The molecule has 1 N–H and O–H groups in total. The van der Waals surface area contributed by atoms with Gasteiger partial charge < -0.3 is 5.11 Å². The Morgan fingerprint density at radius 2 is 2.37 bits per heavy atom. The molecule has 3 nitrogen and oxygen atoms in total. The lowest BCUT2D eigenvalue weighted by molar-refractivity contribution is -0.138. The number of aliphatic carboxylic acids is 1. The number of benzene rings is 1. The largest absolute Gasteiger partial charge is 0.481 e. The summed E-state index contributed by atoms with van der Waals surface area (Å²) in [6.07, 6.45) is 0.206. The van der Waals surface area contributed by atoms with Crippen LogP contribution in [-0.2, 0) is 11.3 Å². The average molecular weight is 365 g/mol. The fraction of sp³-hybridized carbons (Fsp3) is 0.462. The zero-order valence-corrected chi connectivity index (χ0v) is 13.5. The average Bonchev–Trinajstić information content (AvgIpc) is 2.36. The Morgan fingerprint density at radius 1 is 1.58 bits per heavy atom. The highest BCUT2D eigenvalue weighted by Gasteiger charge is 2.25. The fourth-order valence-corrected chi connectivity index (χ4v) is 3.74. The van der Waals surface area contributed by atoms with Gasteiger partial charge in [-0.2, -0.15) is 11.8 Å². The highest BCUT2D eigenvalue weighted by atomic mass is 79.9. The second-order valence-electron chi connectivity index (χ2n) is 4.55. The maximum atomic E-state index is 10.9. The number of hydrogen-bond donors (Lipinski definition) is 1. The van der Waals surface area contributed by atoms with Crippen LogP contribution in [0.3, 0.4) is 0 Å². The standard InChI is InChI=1S/C13H15BrClNO2S/c14-11-2-1-9(5-12(11)15)7-16-3-4-19-8-10(16)6-13(17)18/h1-2,5,10H,3-4,6-8H2,(H,17,18). The molecule has 1 fully saturated rings. The zero-order valence-electron chi connectivity index (χ0n) is 10.3. The quantitative estimate of drug-likeness (QED) is 0.888. The number of hydrogen-bond acceptors (Lipinski definition) is 3. The van der Waals surface area contributed by atoms with Crippen molar-refractivity contribution in [3.8, 4) is 0 Å². The Balaban J connectivity index is 2.06. The van der Waals surface area contributed by atoms with Gasteiger partial charge in [0.1, 0.15) is 0 Å². The molecule has 1 saturated heterocycles. The Labute approximate surface area is 130 Å². The van der Waals surface area contributed by atoms with E-state index in [1.54, 1.807) is 0 Å². The summed E-state index contributed by atoms with van der Waals surface area (Å²) in [6.45, 7) is 1.68. The third-order valence-corrected chi connectivity index (χ3v) is 5.45. The van der Waals surface area contributed by atoms with Crippen LogP contribution in [-0.4, -0.2) is 40.1 Å². The van der Waals surface area contributed by atoms with Gasteiger partial charge in [-0.05, 0) is 33.6 Å². The van der Waals surface area contributed by atoms with Gasteiger partial charge in [0.25, 0.3) is 0 Å². The number of nitrogens with zero attached hydrogens (tertiary/aromatic N) is 1. The summed E-state index contributed by atoms with van der Waals surface area (Å²) in [4.78, 5) is 13.1. The molecule has 0 bridgehead atoms. The van der Waals surface area contributed by atoms with E-state index in [2.05, 4.69) is 20.8 Å². The van der Waals surface area contributed by atoms with Gasteiger partial charge in [-0.3, -0.25) is 9.69 Å². The molecule has 1 aromatic rings. The van der Waals surface area contributed by atoms with Crippen molar-refractivity contribution in [2.45, 2.75) is 19.0 Å². The normalized spacial score (nSPS) is 20.4. The van der Waals surface area contributed by atoms with Crippen molar-refractivity contribution in [3.05, 3.63) is 33.3 Å². The second kappa shape index (κ2) is 6.97. The SMILES string of the molecule is O=C(O)CC1CSCCN1Cc1ccc(Br)c(Cl)c1. The summed E-state index contributed by atoms with van der Waals surface area (Å²) in [7, 11) is 0. The van der Waals surface area contributed by atoms with Gasteiger partial charge in [0.05, 0.1) is 11.4 Å². The predicted molar refractivity (Wildman–Crippen MR) is 82.9 cm³/mol. The van der Waals surface area contributed by atoms with Gasteiger partial charge in [0.2, 0.25) is 0 Å². The predicted octanol–water partition coefficient (Wildman–Crippen LogP) is 3.49. The molecule has 1 atom stereocenters. The summed E-state index contributed by atoms with van der Waals surface area (Å²) in [6, 6.07) is 6.00. The first-order valence-corrected chi connectivity index (χ1v) is 8.36. The summed E-state index contributed by atoms with van der Waals surface area (Å²) < 4.78 is 0.884. The van der Waals surface area contributed by atoms with Crippen LogP contribution in [0.2, 0.25) is 5.02 Å². The van der Waals surface area contributed by atoms with Crippen molar-refractivity contribution >= 4 is 45.3 Å². The minimum Gasteiger partial charge on any atom is -0.481 e. The lowest BCUT2D eigenvalue weighted by Gasteiger charge is -2.34. The van der Waals surface area contributed by atoms with E-state index in [1.807, 2.05) is 30.0 Å². The first-order chi connectivity index (χ1) is 9.06. The maximum absolute atomic E-state index is 10.9. The van der Waals surface area contributed by atoms with Crippen LogP contribution in [0.5, 0.6) is 0 Å². The summed E-state index contributed by atoms with van der Waals surface area (Å²) in [5, 5.41) is 9.66. The lowest BCUT2D eigenvalue weighted by atomic mass is 10.1. The van der Waals surface area contributed by atoms with Crippen LogP contribution in [0.25, 0.3) is 0 Å². The molecule has 0 aliphatic carbocycles. The molecule has 19 heavy (non-hydrogen) atoms. The molecule has 6 heteroatoms. The smallest absolute Gasteiger partial charge is 0.304 e. The zero-order chi connectivity index (χ0) is 13.8. The van der Waals surface area contributed by atoms with Gasteiger partial charge >= 0.3 is 5.97 Å². The number of thioether (sulfide) groups is 1. The molecule has 0 saturated carbocycles. The van der Waals surface area contributed by atoms with Gasteiger partial charge in [-0.25, -0.2) is 0 Å². The molecule has 1 aromatic carbocycles. The second-order valence-corrected chi connectivity index (χ2v) is 6.96. The monoisotopic (exact) mass is 363 g/mol. The van der Waals surface area contributed by atoms with Crippen LogP contribution in [0, 0.1) is 0 Å². The Kier molecular flexibility index (Phi) is 5.57. The van der Waals surface area contributed by atoms with Crippen molar-refractivity contribution < 1.29 is 9.90 Å². The fourth-order valence-electron chi connectivity index (χ4n) is 2.16. The molecular formula is C13H15BrClNO2S. The molecule has 0 radical (unpaired) electrons. The maximum Gasteiger partial charge on any atom is 0.304 e. The molecule has 1 unspecified atom stereocenters. The summed E-state index contributed by atoms with van der Waals surface area (Å²) in [5.41, 5.74) is 1.12. The summed E-state index contributed by atoms with van der Waals surface area (Å²) in [5.74, 6) is 1.21. The molecule has 104 valence electrons. The van der Waals surface area contributed by atoms with E-state index in [1.165, 1.54) is 0 Å². The van der Waals surface area contributed by atoms with Gasteiger partial charge in [-0.1, -0.05) is 17.7 Å². The van der Waals surface area contributed by atoms with Gasteiger partial charge in [0, 0.05) is 35.1 Å².